The first kappa shape index (κ1) is 20.2. The number of hydrogen-bond donors (Lipinski definition) is 3. The molecule has 10 nitrogen and oxygen atoms in total. The first-order valence-electron chi connectivity index (χ1n) is 12.8. The number of carbonyl (C=O) groups excluding carboxylic acids is 2. The Morgan fingerprint density at radius 2 is 2.00 bits per heavy atom. The lowest BCUT2D eigenvalue weighted by Gasteiger charge is -2.57. The topological polar surface area (TPSA) is 125 Å². The Balaban J connectivity index is 1.19. The van der Waals surface area contributed by atoms with Gasteiger partial charge in [-0.1, -0.05) is 0 Å². The van der Waals surface area contributed by atoms with Crippen molar-refractivity contribution in [3.05, 3.63) is 18.5 Å². The molecule has 2 saturated heterocycles. The molecule has 3 N–H and O–H groups in total. The number of H-pyrrole nitrogens is 1. The van der Waals surface area contributed by atoms with Crippen molar-refractivity contribution >= 4 is 39.6 Å². The predicted molar refractivity (Wildman–Crippen MR) is 125 cm³/mol. The fourth-order valence-corrected chi connectivity index (χ4v) is 8.23. The van der Waals surface area contributed by atoms with Gasteiger partial charge in [-0.15, -0.1) is 0 Å². The second-order valence-corrected chi connectivity index (χ2v) is 11.5. The lowest BCUT2D eigenvalue weighted by Crippen LogP contribution is -2.55. The van der Waals surface area contributed by atoms with E-state index in [9.17, 15) is 14.7 Å². The van der Waals surface area contributed by atoms with Gasteiger partial charge < -0.3 is 25.0 Å². The zero-order valence-corrected chi connectivity index (χ0v) is 19.3. The van der Waals surface area contributed by atoms with Crippen LogP contribution in [-0.4, -0.2) is 72.5 Å². The van der Waals surface area contributed by atoms with Crippen molar-refractivity contribution in [1.82, 2.24) is 24.6 Å². The number of aliphatic hydroxyl groups is 1. The molecule has 3 aromatic heterocycles. The summed E-state index contributed by atoms with van der Waals surface area (Å²) in [5.74, 6) is 0.459. The molecule has 2 amide bonds. The number of anilines is 1. The van der Waals surface area contributed by atoms with Crippen LogP contribution in [0, 0.1) is 17.8 Å². The molecule has 6 aliphatic rings. The van der Waals surface area contributed by atoms with Crippen LogP contribution in [0.2, 0.25) is 0 Å². The average Bonchev–Trinajstić information content (AvgIpc) is 3.60. The summed E-state index contributed by atoms with van der Waals surface area (Å²) < 4.78 is 7.65. The van der Waals surface area contributed by atoms with E-state index >= 15 is 0 Å². The van der Waals surface area contributed by atoms with Gasteiger partial charge in [0.05, 0.1) is 41.3 Å². The molecule has 0 radical (unpaired) electrons. The van der Waals surface area contributed by atoms with Crippen LogP contribution in [0.1, 0.15) is 44.6 Å². The predicted octanol–water partition coefficient (Wildman–Crippen LogP) is 1.96. The number of pyridine rings is 1. The zero-order chi connectivity index (χ0) is 23.5. The van der Waals surface area contributed by atoms with Gasteiger partial charge in [0.15, 0.2) is 5.82 Å². The van der Waals surface area contributed by atoms with E-state index in [1.807, 2.05) is 12.3 Å². The number of hydrogen-bond acceptors (Lipinski definition) is 6. The maximum atomic E-state index is 13.1. The normalized spacial score (nSPS) is 37.1. The van der Waals surface area contributed by atoms with Gasteiger partial charge in [0.25, 0.3) is 0 Å². The highest BCUT2D eigenvalue weighted by molar-refractivity contribution is 6.40. The van der Waals surface area contributed by atoms with Gasteiger partial charge in [-0.3, -0.25) is 14.3 Å². The number of likely N-dealkylation sites (tertiary alicyclic amines) is 1. The number of fused-ring (bicyclic) bond motifs is 5. The Labute approximate surface area is 201 Å². The maximum absolute atomic E-state index is 13.1. The third-order valence-corrected chi connectivity index (χ3v) is 9.31. The first-order chi connectivity index (χ1) is 17.0. The summed E-state index contributed by atoms with van der Waals surface area (Å²) in [5, 5.41) is 20.5. The van der Waals surface area contributed by atoms with E-state index in [-0.39, 0.29) is 18.2 Å². The highest BCUT2D eigenvalue weighted by Gasteiger charge is 2.56. The molecule has 6 fully saturated rings. The van der Waals surface area contributed by atoms with Gasteiger partial charge in [-0.2, -0.15) is 5.10 Å². The number of morpholine rings is 1. The van der Waals surface area contributed by atoms with Gasteiger partial charge in [-0.25, -0.2) is 4.98 Å². The number of rotatable bonds is 2. The molecule has 0 aromatic carbocycles. The largest absolute Gasteiger partial charge is 0.390 e. The number of amides is 2. The average molecular weight is 477 g/mol. The van der Waals surface area contributed by atoms with Crippen molar-refractivity contribution in [2.75, 3.05) is 18.5 Å². The molecule has 10 heteroatoms. The lowest BCUT2D eigenvalue weighted by molar-refractivity contribution is -0.148. The highest BCUT2D eigenvalue weighted by Crippen LogP contribution is 2.60. The number of ether oxygens (including phenoxy) is 1. The van der Waals surface area contributed by atoms with E-state index in [1.54, 1.807) is 11.1 Å². The SMILES string of the molecule is O=C(Nc1nn([C@H]2[C@@H]3CC4C[C@H]2C[C@@](O)(C4)C3)c2c1cnc1[nH]ccc12)C(=O)N1C[C@@H]2C[C@H]1CO2. The highest BCUT2D eigenvalue weighted by atomic mass is 16.5. The number of aromatic amines is 1. The Morgan fingerprint density at radius 3 is 2.71 bits per heavy atom. The smallest absolute Gasteiger partial charge is 0.315 e. The van der Waals surface area contributed by atoms with Crippen LogP contribution in [0.3, 0.4) is 0 Å². The molecule has 1 unspecified atom stereocenters. The summed E-state index contributed by atoms with van der Waals surface area (Å²) in [7, 11) is 0. The van der Waals surface area contributed by atoms with Crippen LogP contribution in [0.15, 0.2) is 18.5 Å². The summed E-state index contributed by atoms with van der Waals surface area (Å²) in [4.78, 5) is 35.4. The molecule has 35 heavy (non-hydrogen) atoms. The number of nitrogens with one attached hydrogen (secondary N) is 2. The van der Waals surface area contributed by atoms with Crippen molar-refractivity contribution in [1.29, 1.82) is 0 Å². The maximum Gasteiger partial charge on any atom is 0.315 e. The summed E-state index contributed by atoms with van der Waals surface area (Å²) in [6, 6.07) is 2.12. The van der Waals surface area contributed by atoms with Crippen molar-refractivity contribution in [2.45, 2.75) is 62.3 Å². The Morgan fingerprint density at radius 1 is 1.17 bits per heavy atom. The van der Waals surface area contributed by atoms with E-state index in [2.05, 4.69) is 20.0 Å². The van der Waals surface area contributed by atoms with E-state index in [1.165, 1.54) is 0 Å². The van der Waals surface area contributed by atoms with E-state index in [4.69, 9.17) is 9.84 Å². The van der Waals surface area contributed by atoms with Crippen LogP contribution in [0.4, 0.5) is 5.82 Å². The summed E-state index contributed by atoms with van der Waals surface area (Å²) in [5.41, 5.74) is 1.16. The van der Waals surface area contributed by atoms with Gasteiger partial charge in [0, 0.05) is 24.3 Å². The van der Waals surface area contributed by atoms with Gasteiger partial charge in [0.2, 0.25) is 0 Å². The van der Waals surface area contributed by atoms with Crippen LogP contribution in [-0.2, 0) is 14.3 Å². The molecular weight excluding hydrogens is 448 g/mol. The van der Waals surface area contributed by atoms with E-state index < -0.39 is 17.4 Å². The number of aromatic nitrogens is 4. The fourth-order valence-electron chi connectivity index (χ4n) is 8.23. The minimum atomic E-state index is -0.669. The van der Waals surface area contributed by atoms with Crippen molar-refractivity contribution in [2.24, 2.45) is 17.8 Å². The van der Waals surface area contributed by atoms with Gasteiger partial charge >= 0.3 is 11.8 Å². The summed E-state index contributed by atoms with van der Waals surface area (Å²) in [6.07, 6.45) is 9.15. The summed E-state index contributed by atoms with van der Waals surface area (Å²) >= 11 is 0. The standard InChI is InChI=1S/C25H28N6O4/c32-23(24(33)30-10-16-5-15(30)11-35-16)28-22-18-9-27-21-17(1-2-26-21)20(18)31(29-22)19-13-3-12-4-14(19)8-25(34,6-12)7-13/h1-2,9,12-16,19,34H,3-8,10-11H2,(H,26,27)(H,28,29,32)/t12?,13-,14+,15-,16-,19+,25-/m0/s1. The minimum absolute atomic E-state index is 0.0208. The molecule has 4 saturated carbocycles. The van der Waals surface area contributed by atoms with Crippen molar-refractivity contribution < 1.29 is 19.4 Å². The van der Waals surface area contributed by atoms with Crippen molar-refractivity contribution in [3.63, 3.8) is 0 Å². The number of carbonyl (C=O) groups is 2. The first-order valence-corrected chi connectivity index (χ1v) is 12.8. The molecule has 6 bridgehead atoms. The molecule has 7 atom stereocenters. The molecule has 5 heterocycles. The lowest BCUT2D eigenvalue weighted by atomic mass is 9.52. The quantitative estimate of drug-likeness (QED) is 0.486. The zero-order valence-electron chi connectivity index (χ0n) is 19.3. The molecule has 9 rings (SSSR count). The van der Waals surface area contributed by atoms with Crippen LogP contribution in [0.5, 0.6) is 0 Å². The second-order valence-electron chi connectivity index (χ2n) is 11.5. The Kier molecular flexibility index (Phi) is 3.94. The Hall–Kier alpha value is -2.98. The summed E-state index contributed by atoms with van der Waals surface area (Å²) in [6.45, 7) is 0.960. The molecule has 2 aliphatic heterocycles. The third-order valence-electron chi connectivity index (χ3n) is 9.31. The third kappa shape index (κ3) is 2.83. The van der Waals surface area contributed by atoms with Gasteiger partial charge in [-0.05, 0) is 62.3 Å². The number of nitrogens with zero attached hydrogens (tertiary/aromatic N) is 4. The van der Waals surface area contributed by atoms with Crippen LogP contribution >= 0.6 is 0 Å². The van der Waals surface area contributed by atoms with Crippen molar-refractivity contribution in [3.8, 4) is 0 Å². The molecule has 0 spiro atoms. The molecule has 4 aliphatic carbocycles. The monoisotopic (exact) mass is 476 g/mol. The molecule has 182 valence electrons. The van der Waals surface area contributed by atoms with E-state index in [0.717, 1.165) is 60.5 Å². The fraction of sp³-hybridized carbons (Fsp3) is 0.600. The van der Waals surface area contributed by atoms with Crippen LogP contribution < -0.4 is 5.32 Å². The molecule has 3 aromatic rings. The van der Waals surface area contributed by atoms with Crippen LogP contribution in [0.25, 0.3) is 21.9 Å². The Bertz CT molecular complexity index is 1380. The minimum Gasteiger partial charge on any atom is -0.390 e. The second kappa shape index (κ2) is 6.82. The molecular formula is C25H28N6O4. The van der Waals surface area contributed by atoms with Gasteiger partial charge in [0.1, 0.15) is 5.65 Å². The van der Waals surface area contributed by atoms with E-state index in [0.29, 0.717) is 36.7 Å².